The van der Waals surface area contributed by atoms with Gasteiger partial charge in [-0.25, -0.2) is 4.98 Å². The van der Waals surface area contributed by atoms with E-state index < -0.39 is 0 Å². The predicted octanol–water partition coefficient (Wildman–Crippen LogP) is 3.48. The van der Waals surface area contributed by atoms with Gasteiger partial charge in [-0.05, 0) is 30.2 Å². The van der Waals surface area contributed by atoms with Gasteiger partial charge in [-0.3, -0.25) is 4.98 Å². The largest absolute Gasteiger partial charge is 0.307 e. The fourth-order valence-corrected chi connectivity index (χ4v) is 2.90. The first-order valence-corrected chi connectivity index (χ1v) is 7.77. The number of hydrogen-bond donors (Lipinski definition) is 1. The molecule has 3 aromatic heterocycles. The minimum Gasteiger partial charge on any atom is -0.307 e. The van der Waals surface area contributed by atoms with Gasteiger partial charge in [-0.15, -0.1) is 0 Å². The Kier molecular flexibility index (Phi) is 3.52. The second-order valence-corrected chi connectivity index (χ2v) is 5.78. The molecule has 0 fully saturated rings. The number of aromatic nitrogens is 3. The molecule has 0 aliphatic rings. The van der Waals surface area contributed by atoms with Crippen molar-refractivity contribution in [3.63, 3.8) is 0 Å². The highest BCUT2D eigenvalue weighted by atomic mass is 15.0. The zero-order chi connectivity index (χ0) is 15.6. The average Bonchev–Trinajstić information content (AvgIpc) is 2.97. The second kappa shape index (κ2) is 5.82. The van der Waals surface area contributed by atoms with Crippen molar-refractivity contribution in [3.8, 4) is 0 Å². The van der Waals surface area contributed by atoms with Crippen molar-refractivity contribution in [3.05, 3.63) is 77.9 Å². The first-order chi connectivity index (χ1) is 11.3. The molecule has 4 rings (SSSR count). The van der Waals surface area contributed by atoms with E-state index in [2.05, 4.69) is 63.1 Å². The summed E-state index contributed by atoms with van der Waals surface area (Å²) in [6.07, 6.45) is 5.90. The van der Waals surface area contributed by atoms with Gasteiger partial charge in [0.25, 0.3) is 0 Å². The molecule has 0 saturated heterocycles. The van der Waals surface area contributed by atoms with Crippen LogP contribution in [0.25, 0.3) is 16.6 Å². The van der Waals surface area contributed by atoms with Crippen molar-refractivity contribution >= 4 is 16.6 Å². The normalized spacial score (nSPS) is 11.3. The van der Waals surface area contributed by atoms with Crippen LogP contribution in [-0.2, 0) is 13.1 Å². The van der Waals surface area contributed by atoms with Crippen LogP contribution in [0.4, 0.5) is 0 Å². The van der Waals surface area contributed by atoms with E-state index in [1.54, 1.807) is 0 Å². The molecule has 0 saturated carbocycles. The zero-order valence-electron chi connectivity index (χ0n) is 13.0. The molecule has 0 aliphatic heterocycles. The standard InChI is InChI=1S/C19H18N4/c1-14-7-8-18-22-12-17(23(18)13-14)11-20-10-16-5-2-4-15-6-3-9-21-19(15)16/h2-9,12-13,20H,10-11H2,1H3. The third-order valence-corrected chi connectivity index (χ3v) is 4.07. The van der Waals surface area contributed by atoms with Gasteiger partial charge in [-0.2, -0.15) is 0 Å². The van der Waals surface area contributed by atoms with Crippen molar-refractivity contribution in [2.24, 2.45) is 0 Å². The highest BCUT2D eigenvalue weighted by molar-refractivity contribution is 5.81. The van der Waals surface area contributed by atoms with Gasteiger partial charge in [-0.1, -0.05) is 30.3 Å². The molecule has 23 heavy (non-hydrogen) atoms. The van der Waals surface area contributed by atoms with Crippen LogP contribution in [0.2, 0.25) is 0 Å². The summed E-state index contributed by atoms with van der Waals surface area (Å²) in [5, 5.41) is 4.68. The van der Waals surface area contributed by atoms with Crippen LogP contribution in [0, 0.1) is 6.92 Å². The monoisotopic (exact) mass is 302 g/mol. The lowest BCUT2D eigenvalue weighted by molar-refractivity contribution is 0.677. The number of nitrogens with zero attached hydrogens (tertiary/aromatic N) is 3. The SMILES string of the molecule is Cc1ccc2ncc(CNCc3cccc4cccnc34)n2c1. The Bertz CT molecular complexity index is 966. The Morgan fingerprint density at radius 2 is 1.91 bits per heavy atom. The quantitative estimate of drug-likeness (QED) is 0.627. The average molecular weight is 302 g/mol. The first kappa shape index (κ1) is 13.9. The summed E-state index contributed by atoms with van der Waals surface area (Å²) >= 11 is 0. The number of hydrogen-bond acceptors (Lipinski definition) is 3. The third kappa shape index (κ3) is 2.69. The van der Waals surface area contributed by atoms with E-state index in [9.17, 15) is 0 Å². The van der Waals surface area contributed by atoms with Gasteiger partial charge in [0.15, 0.2) is 0 Å². The summed E-state index contributed by atoms with van der Waals surface area (Å²) in [5.74, 6) is 0. The summed E-state index contributed by atoms with van der Waals surface area (Å²) in [5.41, 5.74) is 5.66. The van der Waals surface area contributed by atoms with Crippen molar-refractivity contribution in [2.75, 3.05) is 0 Å². The van der Waals surface area contributed by atoms with Gasteiger partial charge in [0.2, 0.25) is 0 Å². The Morgan fingerprint density at radius 3 is 2.87 bits per heavy atom. The van der Waals surface area contributed by atoms with Crippen molar-refractivity contribution in [2.45, 2.75) is 20.0 Å². The molecule has 0 radical (unpaired) electrons. The van der Waals surface area contributed by atoms with E-state index in [1.165, 1.54) is 16.5 Å². The van der Waals surface area contributed by atoms with Crippen LogP contribution in [0.5, 0.6) is 0 Å². The number of nitrogens with one attached hydrogen (secondary N) is 1. The lowest BCUT2D eigenvalue weighted by atomic mass is 10.1. The van der Waals surface area contributed by atoms with E-state index in [4.69, 9.17) is 0 Å². The van der Waals surface area contributed by atoms with Crippen LogP contribution in [0.1, 0.15) is 16.8 Å². The summed E-state index contributed by atoms with van der Waals surface area (Å²) < 4.78 is 2.14. The number of benzene rings is 1. The summed E-state index contributed by atoms with van der Waals surface area (Å²) in [4.78, 5) is 8.95. The maximum atomic E-state index is 4.50. The number of fused-ring (bicyclic) bond motifs is 2. The molecule has 1 aromatic carbocycles. The second-order valence-electron chi connectivity index (χ2n) is 5.78. The topological polar surface area (TPSA) is 42.2 Å². The molecule has 0 unspecified atom stereocenters. The number of pyridine rings is 2. The number of rotatable bonds is 4. The van der Waals surface area contributed by atoms with E-state index in [-0.39, 0.29) is 0 Å². The molecule has 0 spiro atoms. The Balaban J connectivity index is 1.53. The van der Waals surface area contributed by atoms with Crippen LogP contribution in [-0.4, -0.2) is 14.4 Å². The van der Waals surface area contributed by atoms with E-state index in [0.717, 1.165) is 29.9 Å². The van der Waals surface area contributed by atoms with Crippen LogP contribution < -0.4 is 5.32 Å². The highest BCUT2D eigenvalue weighted by Gasteiger charge is 2.05. The van der Waals surface area contributed by atoms with Gasteiger partial charge in [0.05, 0.1) is 17.4 Å². The predicted molar refractivity (Wildman–Crippen MR) is 92.2 cm³/mol. The summed E-state index contributed by atoms with van der Waals surface area (Å²) in [6.45, 7) is 3.65. The molecule has 0 bridgehead atoms. The van der Waals surface area contributed by atoms with Crippen molar-refractivity contribution in [1.82, 2.24) is 19.7 Å². The number of para-hydroxylation sites is 1. The maximum absolute atomic E-state index is 4.50. The molecular weight excluding hydrogens is 284 g/mol. The number of imidazole rings is 1. The van der Waals surface area contributed by atoms with E-state index in [0.29, 0.717) is 0 Å². The van der Waals surface area contributed by atoms with Gasteiger partial charge < -0.3 is 9.72 Å². The zero-order valence-corrected chi connectivity index (χ0v) is 13.0. The van der Waals surface area contributed by atoms with Crippen LogP contribution >= 0.6 is 0 Å². The minimum absolute atomic E-state index is 0.772. The molecule has 4 nitrogen and oxygen atoms in total. The molecule has 0 aliphatic carbocycles. The lowest BCUT2D eigenvalue weighted by Gasteiger charge is -2.08. The maximum Gasteiger partial charge on any atom is 0.136 e. The molecular formula is C19H18N4. The first-order valence-electron chi connectivity index (χ1n) is 7.77. The Labute approximate surface area is 134 Å². The highest BCUT2D eigenvalue weighted by Crippen LogP contribution is 2.16. The third-order valence-electron chi connectivity index (χ3n) is 4.07. The number of aryl methyl sites for hydroxylation is 1. The van der Waals surface area contributed by atoms with Gasteiger partial charge in [0, 0.05) is 30.9 Å². The van der Waals surface area contributed by atoms with E-state index >= 15 is 0 Å². The molecule has 4 heteroatoms. The lowest BCUT2D eigenvalue weighted by Crippen LogP contribution is -2.14. The van der Waals surface area contributed by atoms with Crippen molar-refractivity contribution in [1.29, 1.82) is 0 Å². The molecule has 3 heterocycles. The summed E-state index contributed by atoms with van der Waals surface area (Å²) in [7, 11) is 0. The van der Waals surface area contributed by atoms with Crippen LogP contribution in [0.15, 0.2) is 61.1 Å². The molecule has 0 amide bonds. The molecule has 0 atom stereocenters. The Hall–Kier alpha value is -2.72. The Morgan fingerprint density at radius 1 is 1.00 bits per heavy atom. The minimum atomic E-state index is 0.772. The van der Waals surface area contributed by atoms with Crippen LogP contribution in [0.3, 0.4) is 0 Å². The fourth-order valence-electron chi connectivity index (χ4n) is 2.90. The summed E-state index contributed by atoms with van der Waals surface area (Å²) in [6, 6.07) is 14.5. The molecule has 1 N–H and O–H groups in total. The van der Waals surface area contributed by atoms with E-state index in [1.807, 2.05) is 24.5 Å². The fraction of sp³-hybridized carbons (Fsp3) is 0.158. The smallest absolute Gasteiger partial charge is 0.136 e. The van der Waals surface area contributed by atoms with Gasteiger partial charge in [0.1, 0.15) is 5.65 Å². The van der Waals surface area contributed by atoms with Crippen molar-refractivity contribution < 1.29 is 0 Å². The molecule has 114 valence electrons. The molecule has 4 aromatic rings. The van der Waals surface area contributed by atoms with Gasteiger partial charge >= 0.3 is 0 Å².